The van der Waals surface area contributed by atoms with E-state index < -0.39 is 0 Å². The standard InChI is InChI=1S/C18H19Cl2N7O2S2/c19-13-2-1-11(5-14(13)20)7-27-3-4-29-12(8-27)6-21-16(28)10-31-18-22-15(9-30-18)17-23-25-26-24-17/h1-2,5,9,12H,3-4,6-8,10H2,(H,21,28)(H,23,24,25,26). The first-order chi connectivity index (χ1) is 15.1. The van der Waals surface area contributed by atoms with E-state index in [9.17, 15) is 4.79 Å². The molecule has 3 aromatic rings. The van der Waals surface area contributed by atoms with Crippen LogP contribution in [0.1, 0.15) is 5.56 Å². The summed E-state index contributed by atoms with van der Waals surface area (Å²) in [5.41, 5.74) is 1.73. The number of hydrogen-bond acceptors (Lipinski definition) is 9. The molecule has 9 nitrogen and oxygen atoms in total. The molecular weight excluding hydrogens is 481 g/mol. The highest BCUT2D eigenvalue weighted by molar-refractivity contribution is 8.01. The molecule has 0 spiro atoms. The van der Waals surface area contributed by atoms with Crippen LogP contribution in [-0.2, 0) is 16.1 Å². The number of amides is 1. The number of aromatic nitrogens is 5. The zero-order valence-electron chi connectivity index (χ0n) is 16.3. The Labute approximate surface area is 196 Å². The molecule has 1 unspecified atom stereocenters. The highest BCUT2D eigenvalue weighted by Crippen LogP contribution is 2.26. The Morgan fingerprint density at radius 1 is 1.39 bits per heavy atom. The number of ether oxygens (including phenoxy) is 1. The van der Waals surface area contributed by atoms with Gasteiger partial charge in [0, 0.05) is 31.6 Å². The van der Waals surface area contributed by atoms with E-state index in [1.54, 1.807) is 0 Å². The molecule has 0 aliphatic carbocycles. The largest absolute Gasteiger partial charge is 0.374 e. The van der Waals surface area contributed by atoms with Gasteiger partial charge in [0.2, 0.25) is 11.7 Å². The van der Waals surface area contributed by atoms with Crippen molar-refractivity contribution in [3.8, 4) is 11.5 Å². The normalized spacial score (nSPS) is 17.0. The van der Waals surface area contributed by atoms with E-state index in [0.717, 1.165) is 29.5 Å². The van der Waals surface area contributed by atoms with Crippen LogP contribution in [0.5, 0.6) is 0 Å². The van der Waals surface area contributed by atoms with Crippen LogP contribution in [0, 0.1) is 0 Å². The van der Waals surface area contributed by atoms with Crippen molar-refractivity contribution in [2.75, 3.05) is 32.0 Å². The van der Waals surface area contributed by atoms with E-state index in [1.165, 1.54) is 23.1 Å². The SMILES string of the molecule is O=C(CSc1nc(-c2nn[nH]n2)cs1)NCC1CN(Cc2ccc(Cl)c(Cl)c2)CCO1. The second-order valence-electron chi connectivity index (χ2n) is 6.80. The first kappa shape index (κ1) is 22.4. The lowest BCUT2D eigenvalue weighted by Crippen LogP contribution is -2.47. The molecule has 4 rings (SSSR count). The summed E-state index contributed by atoms with van der Waals surface area (Å²) in [6.45, 7) is 3.40. The number of aromatic amines is 1. The van der Waals surface area contributed by atoms with Crippen molar-refractivity contribution in [2.45, 2.75) is 17.0 Å². The summed E-state index contributed by atoms with van der Waals surface area (Å²) in [5.74, 6) is 0.651. The molecular formula is C18H19Cl2N7O2S2. The lowest BCUT2D eigenvalue weighted by molar-refractivity contribution is -0.119. The maximum Gasteiger partial charge on any atom is 0.230 e. The third kappa shape index (κ3) is 6.37. The van der Waals surface area contributed by atoms with Crippen LogP contribution in [0.25, 0.3) is 11.5 Å². The molecule has 2 aromatic heterocycles. The number of halogens is 2. The third-order valence-electron chi connectivity index (χ3n) is 4.52. The zero-order valence-corrected chi connectivity index (χ0v) is 19.4. The maximum absolute atomic E-state index is 12.2. The van der Waals surface area contributed by atoms with Crippen molar-refractivity contribution in [3.05, 3.63) is 39.2 Å². The van der Waals surface area contributed by atoms with Crippen molar-refractivity contribution in [3.63, 3.8) is 0 Å². The first-order valence-corrected chi connectivity index (χ1v) is 12.1. The molecule has 0 saturated carbocycles. The minimum absolute atomic E-state index is 0.0600. The Balaban J connectivity index is 1.19. The minimum atomic E-state index is -0.0634. The van der Waals surface area contributed by atoms with Gasteiger partial charge >= 0.3 is 0 Å². The molecule has 3 heterocycles. The highest BCUT2D eigenvalue weighted by atomic mass is 35.5. The van der Waals surface area contributed by atoms with Crippen molar-refractivity contribution >= 4 is 52.2 Å². The van der Waals surface area contributed by atoms with E-state index in [1.807, 2.05) is 23.6 Å². The van der Waals surface area contributed by atoms with Crippen molar-refractivity contribution in [1.82, 2.24) is 35.8 Å². The van der Waals surface area contributed by atoms with E-state index in [0.29, 0.717) is 34.7 Å². The summed E-state index contributed by atoms with van der Waals surface area (Å²) in [4.78, 5) is 18.9. The summed E-state index contributed by atoms with van der Waals surface area (Å²) in [6.07, 6.45) is -0.0600. The fourth-order valence-electron chi connectivity index (χ4n) is 3.05. The predicted octanol–water partition coefficient (Wildman–Crippen LogP) is 2.74. The Hall–Kier alpha value is -1.76. The number of carbonyl (C=O) groups excluding carboxylic acids is 1. The molecule has 31 heavy (non-hydrogen) atoms. The summed E-state index contributed by atoms with van der Waals surface area (Å²) in [6, 6.07) is 5.67. The van der Waals surface area contributed by atoms with E-state index >= 15 is 0 Å². The van der Waals surface area contributed by atoms with Crippen LogP contribution in [0.3, 0.4) is 0 Å². The molecule has 2 N–H and O–H groups in total. The third-order valence-corrected chi connectivity index (χ3v) is 7.28. The van der Waals surface area contributed by atoms with Crippen molar-refractivity contribution in [2.24, 2.45) is 0 Å². The number of thioether (sulfide) groups is 1. The van der Waals surface area contributed by atoms with Gasteiger partial charge in [-0.25, -0.2) is 4.98 Å². The number of nitrogens with one attached hydrogen (secondary N) is 2. The maximum atomic E-state index is 12.2. The second-order valence-corrected chi connectivity index (χ2v) is 9.70. The van der Waals surface area contributed by atoms with Gasteiger partial charge in [0.1, 0.15) is 5.69 Å². The summed E-state index contributed by atoms with van der Waals surface area (Å²) < 4.78 is 6.58. The van der Waals surface area contributed by atoms with Gasteiger partial charge < -0.3 is 10.1 Å². The van der Waals surface area contributed by atoms with Gasteiger partial charge in [-0.3, -0.25) is 9.69 Å². The Morgan fingerprint density at radius 2 is 2.29 bits per heavy atom. The van der Waals surface area contributed by atoms with Gasteiger partial charge in [-0.2, -0.15) is 5.21 Å². The molecule has 1 fully saturated rings. The monoisotopic (exact) mass is 499 g/mol. The Kier molecular flexibility index (Phi) is 7.75. The average molecular weight is 500 g/mol. The fourth-order valence-corrected chi connectivity index (χ4v) is 5.00. The second kappa shape index (κ2) is 10.7. The molecule has 0 bridgehead atoms. The lowest BCUT2D eigenvalue weighted by atomic mass is 10.2. The highest BCUT2D eigenvalue weighted by Gasteiger charge is 2.21. The average Bonchev–Trinajstić information content (AvgIpc) is 3.45. The molecule has 0 radical (unpaired) electrons. The summed E-state index contributed by atoms with van der Waals surface area (Å²) in [7, 11) is 0. The van der Waals surface area contributed by atoms with E-state index in [-0.39, 0.29) is 17.8 Å². The van der Waals surface area contributed by atoms with Gasteiger partial charge in [-0.1, -0.05) is 41.0 Å². The van der Waals surface area contributed by atoms with Gasteiger partial charge in [0.05, 0.1) is 28.5 Å². The number of tetrazole rings is 1. The molecule has 1 aliphatic rings. The summed E-state index contributed by atoms with van der Waals surface area (Å²) in [5, 5.41) is 19.6. The quantitative estimate of drug-likeness (QED) is 0.455. The molecule has 1 atom stereocenters. The van der Waals surface area contributed by atoms with Gasteiger partial charge in [-0.15, -0.1) is 21.5 Å². The van der Waals surface area contributed by atoms with Crippen LogP contribution < -0.4 is 5.32 Å². The number of morpholine rings is 1. The van der Waals surface area contributed by atoms with Crippen molar-refractivity contribution < 1.29 is 9.53 Å². The van der Waals surface area contributed by atoms with E-state index in [2.05, 4.69) is 35.8 Å². The van der Waals surface area contributed by atoms with Crippen LogP contribution >= 0.6 is 46.3 Å². The molecule has 1 aromatic carbocycles. The lowest BCUT2D eigenvalue weighted by Gasteiger charge is -2.33. The molecule has 13 heteroatoms. The number of benzene rings is 1. The number of nitrogens with zero attached hydrogens (tertiary/aromatic N) is 5. The number of thiazole rings is 1. The topological polar surface area (TPSA) is 109 Å². The smallest absolute Gasteiger partial charge is 0.230 e. The number of carbonyl (C=O) groups is 1. The molecule has 164 valence electrons. The Morgan fingerprint density at radius 3 is 3.10 bits per heavy atom. The van der Waals surface area contributed by atoms with Gasteiger partial charge in [0.15, 0.2) is 4.34 Å². The van der Waals surface area contributed by atoms with Crippen LogP contribution in [0.2, 0.25) is 10.0 Å². The predicted molar refractivity (Wildman–Crippen MR) is 120 cm³/mol. The first-order valence-electron chi connectivity index (χ1n) is 9.43. The summed E-state index contributed by atoms with van der Waals surface area (Å²) >= 11 is 14.9. The van der Waals surface area contributed by atoms with Crippen LogP contribution in [0.15, 0.2) is 27.9 Å². The molecule has 1 saturated heterocycles. The number of rotatable bonds is 8. The number of hydrogen-bond donors (Lipinski definition) is 2. The minimum Gasteiger partial charge on any atom is -0.374 e. The van der Waals surface area contributed by atoms with Gasteiger partial charge in [-0.05, 0) is 22.9 Å². The fraction of sp³-hybridized carbons (Fsp3) is 0.389. The van der Waals surface area contributed by atoms with Crippen LogP contribution in [-0.4, -0.2) is 74.5 Å². The van der Waals surface area contributed by atoms with E-state index in [4.69, 9.17) is 27.9 Å². The number of H-pyrrole nitrogens is 1. The zero-order chi connectivity index (χ0) is 21.6. The van der Waals surface area contributed by atoms with Crippen LogP contribution in [0.4, 0.5) is 0 Å². The van der Waals surface area contributed by atoms with Crippen molar-refractivity contribution in [1.29, 1.82) is 0 Å². The van der Waals surface area contributed by atoms with Gasteiger partial charge in [0.25, 0.3) is 0 Å². The Bertz CT molecular complexity index is 1020. The molecule has 1 aliphatic heterocycles. The molecule has 1 amide bonds.